The fourth-order valence-corrected chi connectivity index (χ4v) is 2.33. The number of piperazine rings is 1. The van der Waals surface area contributed by atoms with Gasteiger partial charge in [-0.05, 0) is 32.9 Å². The summed E-state index contributed by atoms with van der Waals surface area (Å²) in [5.41, 5.74) is -0.147. The third-order valence-electron chi connectivity index (χ3n) is 3.50. The number of nitrogens with zero attached hydrogens (tertiary/aromatic N) is 2. The number of amides is 1. The van der Waals surface area contributed by atoms with Crippen molar-refractivity contribution in [2.75, 3.05) is 26.2 Å². The second-order valence-corrected chi connectivity index (χ2v) is 6.65. The number of aliphatic hydroxyl groups is 1. The number of rotatable bonds is 3. The van der Waals surface area contributed by atoms with Crippen molar-refractivity contribution in [2.24, 2.45) is 0 Å². The zero-order chi connectivity index (χ0) is 17.7. The maximum Gasteiger partial charge on any atom is 0.410 e. The van der Waals surface area contributed by atoms with Gasteiger partial charge in [-0.25, -0.2) is 9.59 Å². The van der Waals surface area contributed by atoms with Gasteiger partial charge in [0.2, 0.25) is 0 Å². The molecule has 1 fully saturated rings. The SMILES string of the molecule is CC(C)(C)OC(=O)N1CCN(OC(=O)c2ccccc2)[C@@H](CO)C1. The van der Waals surface area contributed by atoms with Gasteiger partial charge in [0.05, 0.1) is 24.8 Å². The summed E-state index contributed by atoms with van der Waals surface area (Å²) in [6.07, 6.45) is -0.435. The Labute approximate surface area is 141 Å². The Hall–Kier alpha value is -2.12. The highest BCUT2D eigenvalue weighted by Gasteiger charge is 2.33. The molecule has 7 nitrogen and oxygen atoms in total. The van der Waals surface area contributed by atoms with Gasteiger partial charge in [0.25, 0.3) is 0 Å². The Morgan fingerprint density at radius 2 is 1.88 bits per heavy atom. The van der Waals surface area contributed by atoms with Crippen LogP contribution in [-0.2, 0) is 9.57 Å². The van der Waals surface area contributed by atoms with Gasteiger partial charge in [-0.1, -0.05) is 18.2 Å². The van der Waals surface area contributed by atoms with Crippen molar-refractivity contribution in [3.63, 3.8) is 0 Å². The number of hydroxylamine groups is 2. The predicted octanol–water partition coefficient (Wildman–Crippen LogP) is 1.67. The van der Waals surface area contributed by atoms with E-state index in [1.54, 1.807) is 45.0 Å². The lowest BCUT2D eigenvalue weighted by molar-refractivity contribution is -0.168. The number of carbonyl (C=O) groups is 2. The van der Waals surface area contributed by atoms with E-state index in [9.17, 15) is 14.7 Å². The molecule has 1 saturated heterocycles. The molecule has 1 amide bonds. The Morgan fingerprint density at radius 1 is 1.21 bits per heavy atom. The third-order valence-corrected chi connectivity index (χ3v) is 3.50. The molecular formula is C17H24N2O5. The first-order valence-corrected chi connectivity index (χ1v) is 7.93. The number of hydrogen-bond acceptors (Lipinski definition) is 6. The molecule has 1 N–H and O–H groups in total. The summed E-state index contributed by atoms with van der Waals surface area (Å²) in [6.45, 7) is 6.05. The van der Waals surface area contributed by atoms with E-state index in [4.69, 9.17) is 9.57 Å². The maximum absolute atomic E-state index is 12.1. The van der Waals surface area contributed by atoms with Crippen LogP contribution >= 0.6 is 0 Å². The van der Waals surface area contributed by atoms with Crippen LogP contribution in [0.1, 0.15) is 31.1 Å². The van der Waals surface area contributed by atoms with Gasteiger partial charge >= 0.3 is 12.1 Å². The fraction of sp³-hybridized carbons (Fsp3) is 0.529. The predicted molar refractivity (Wildman–Crippen MR) is 87.2 cm³/mol. The third kappa shape index (κ3) is 4.94. The number of carbonyl (C=O) groups excluding carboxylic acids is 2. The molecular weight excluding hydrogens is 312 g/mol. The summed E-state index contributed by atoms with van der Waals surface area (Å²) in [7, 11) is 0. The van der Waals surface area contributed by atoms with Crippen molar-refractivity contribution in [1.29, 1.82) is 0 Å². The molecule has 132 valence electrons. The van der Waals surface area contributed by atoms with Crippen LogP contribution < -0.4 is 0 Å². The molecule has 24 heavy (non-hydrogen) atoms. The van der Waals surface area contributed by atoms with Crippen molar-refractivity contribution >= 4 is 12.1 Å². The van der Waals surface area contributed by atoms with Gasteiger partial charge in [0, 0.05) is 13.1 Å². The molecule has 1 aromatic carbocycles. The van der Waals surface area contributed by atoms with Crippen LogP contribution in [0, 0.1) is 0 Å². The van der Waals surface area contributed by atoms with Gasteiger partial charge in [-0.2, -0.15) is 0 Å². The largest absolute Gasteiger partial charge is 0.444 e. The van der Waals surface area contributed by atoms with Gasteiger partial charge in [-0.3, -0.25) is 0 Å². The van der Waals surface area contributed by atoms with Crippen molar-refractivity contribution in [2.45, 2.75) is 32.4 Å². The van der Waals surface area contributed by atoms with Crippen LogP contribution in [0.4, 0.5) is 4.79 Å². The maximum atomic E-state index is 12.1. The standard InChI is InChI=1S/C17H24N2O5/c1-17(2,3)23-16(22)18-9-10-19(14(11-18)12-20)24-15(21)13-7-5-4-6-8-13/h4-8,14,20H,9-12H2,1-3H3/t14-/m1/s1. The minimum atomic E-state index is -0.581. The molecule has 1 atom stereocenters. The van der Waals surface area contributed by atoms with E-state index in [-0.39, 0.29) is 13.2 Å². The van der Waals surface area contributed by atoms with Crippen LogP contribution in [0.5, 0.6) is 0 Å². The first-order valence-electron chi connectivity index (χ1n) is 7.93. The quantitative estimate of drug-likeness (QED) is 0.904. The summed E-state index contributed by atoms with van der Waals surface area (Å²) < 4.78 is 5.33. The number of aliphatic hydroxyl groups excluding tert-OH is 1. The topological polar surface area (TPSA) is 79.3 Å². The molecule has 0 saturated carbocycles. The monoisotopic (exact) mass is 336 g/mol. The highest BCUT2D eigenvalue weighted by molar-refractivity contribution is 5.89. The Bertz CT molecular complexity index is 570. The lowest BCUT2D eigenvalue weighted by Gasteiger charge is -2.39. The molecule has 0 radical (unpaired) electrons. The van der Waals surface area contributed by atoms with Gasteiger partial charge in [0.1, 0.15) is 5.60 Å². The smallest absolute Gasteiger partial charge is 0.410 e. The van der Waals surface area contributed by atoms with Crippen LogP contribution in [0.2, 0.25) is 0 Å². The van der Waals surface area contributed by atoms with Crippen LogP contribution in [-0.4, -0.2) is 65.0 Å². The summed E-state index contributed by atoms with van der Waals surface area (Å²) in [6, 6.07) is 8.15. The molecule has 1 aromatic rings. The molecule has 0 bridgehead atoms. The van der Waals surface area contributed by atoms with E-state index in [0.29, 0.717) is 18.7 Å². The zero-order valence-corrected chi connectivity index (χ0v) is 14.3. The normalized spacial score (nSPS) is 19.0. The van der Waals surface area contributed by atoms with Gasteiger partial charge in [0.15, 0.2) is 0 Å². The van der Waals surface area contributed by atoms with E-state index < -0.39 is 23.7 Å². The summed E-state index contributed by atoms with van der Waals surface area (Å²) >= 11 is 0. The molecule has 0 aliphatic carbocycles. The van der Waals surface area contributed by atoms with E-state index in [2.05, 4.69) is 0 Å². The van der Waals surface area contributed by atoms with Gasteiger partial charge in [-0.15, -0.1) is 5.06 Å². The Morgan fingerprint density at radius 3 is 2.46 bits per heavy atom. The average molecular weight is 336 g/mol. The average Bonchev–Trinajstić information content (AvgIpc) is 2.54. The van der Waals surface area contributed by atoms with Crippen molar-refractivity contribution in [1.82, 2.24) is 9.96 Å². The van der Waals surface area contributed by atoms with Crippen molar-refractivity contribution in [3.05, 3.63) is 35.9 Å². The highest BCUT2D eigenvalue weighted by atomic mass is 16.7. The molecule has 2 rings (SSSR count). The van der Waals surface area contributed by atoms with E-state index in [1.165, 1.54) is 9.96 Å². The second kappa shape index (κ2) is 7.63. The van der Waals surface area contributed by atoms with Crippen molar-refractivity contribution < 1.29 is 24.3 Å². The van der Waals surface area contributed by atoms with Crippen LogP contribution in [0.15, 0.2) is 30.3 Å². The summed E-state index contributed by atoms with van der Waals surface area (Å²) in [5, 5.41) is 11.0. The number of ether oxygens (including phenoxy) is 1. The van der Waals surface area contributed by atoms with Crippen LogP contribution in [0.3, 0.4) is 0 Å². The fourth-order valence-electron chi connectivity index (χ4n) is 2.33. The lowest BCUT2D eigenvalue weighted by atomic mass is 10.2. The van der Waals surface area contributed by atoms with E-state index in [1.807, 2.05) is 6.07 Å². The molecule has 1 aliphatic rings. The number of hydrogen-bond donors (Lipinski definition) is 1. The molecule has 0 spiro atoms. The summed E-state index contributed by atoms with van der Waals surface area (Å²) in [5.74, 6) is -0.486. The molecule has 7 heteroatoms. The zero-order valence-electron chi connectivity index (χ0n) is 14.3. The highest BCUT2D eigenvalue weighted by Crippen LogP contribution is 2.16. The molecule has 0 unspecified atom stereocenters. The minimum Gasteiger partial charge on any atom is -0.444 e. The minimum absolute atomic E-state index is 0.230. The van der Waals surface area contributed by atoms with Crippen LogP contribution in [0.25, 0.3) is 0 Å². The van der Waals surface area contributed by atoms with E-state index in [0.717, 1.165) is 0 Å². The Balaban J connectivity index is 1.95. The molecule has 0 aromatic heterocycles. The lowest BCUT2D eigenvalue weighted by Crippen LogP contribution is -2.57. The second-order valence-electron chi connectivity index (χ2n) is 6.65. The molecule has 1 heterocycles. The first-order chi connectivity index (χ1) is 11.3. The number of benzene rings is 1. The van der Waals surface area contributed by atoms with E-state index >= 15 is 0 Å². The van der Waals surface area contributed by atoms with Crippen molar-refractivity contribution in [3.8, 4) is 0 Å². The molecule has 1 aliphatic heterocycles. The van der Waals surface area contributed by atoms with Gasteiger partial charge < -0.3 is 19.6 Å². The Kier molecular flexibility index (Phi) is 5.80. The first kappa shape index (κ1) is 18.2. The summed E-state index contributed by atoms with van der Waals surface area (Å²) in [4.78, 5) is 31.1.